The second-order valence-electron chi connectivity index (χ2n) is 5.61. The van der Waals surface area contributed by atoms with Crippen molar-refractivity contribution in [3.05, 3.63) is 0 Å². The van der Waals surface area contributed by atoms with E-state index in [0.717, 1.165) is 25.8 Å². The molecule has 3 amide bonds. The van der Waals surface area contributed by atoms with Gasteiger partial charge in [-0.15, -0.1) is 0 Å². The van der Waals surface area contributed by atoms with Gasteiger partial charge in [0.2, 0.25) is 17.7 Å². The quantitative estimate of drug-likeness (QED) is 0.715. The molecule has 0 bridgehead atoms. The summed E-state index contributed by atoms with van der Waals surface area (Å²) in [6.45, 7) is 4.78. The first-order valence-corrected chi connectivity index (χ1v) is 7.44. The van der Waals surface area contributed by atoms with Crippen molar-refractivity contribution < 1.29 is 14.4 Å². The number of rotatable bonds is 3. The highest BCUT2D eigenvalue weighted by Crippen LogP contribution is 2.22. The van der Waals surface area contributed by atoms with E-state index in [2.05, 4.69) is 17.6 Å². The molecule has 3 atom stereocenters. The van der Waals surface area contributed by atoms with Gasteiger partial charge in [0.1, 0.15) is 12.6 Å². The number of piperidine rings is 1. The van der Waals surface area contributed by atoms with Crippen LogP contribution < -0.4 is 10.6 Å². The summed E-state index contributed by atoms with van der Waals surface area (Å²) in [6, 6.07) is -0.787. The number of amides is 3. The molecule has 0 aliphatic carbocycles. The Kier molecular flexibility index (Phi) is 4.75. The maximum atomic E-state index is 12.6. The molecule has 0 saturated carbocycles. The molecule has 2 aliphatic heterocycles. The van der Waals surface area contributed by atoms with Crippen molar-refractivity contribution in [2.45, 2.75) is 51.6 Å². The van der Waals surface area contributed by atoms with E-state index in [1.807, 2.05) is 6.92 Å². The van der Waals surface area contributed by atoms with E-state index in [1.165, 1.54) is 4.90 Å². The number of hydrogen-bond acceptors (Lipinski definition) is 4. The van der Waals surface area contributed by atoms with Crippen LogP contribution in [0.5, 0.6) is 0 Å². The highest BCUT2D eigenvalue weighted by molar-refractivity contribution is 6.04. The fraction of sp³-hybridized carbons (Fsp3) is 0.786. The Bertz CT molecular complexity index is 410. The molecule has 0 aromatic heterocycles. The molecule has 20 heavy (non-hydrogen) atoms. The highest BCUT2D eigenvalue weighted by atomic mass is 16.2. The third-order valence-corrected chi connectivity index (χ3v) is 4.31. The molecule has 2 aliphatic rings. The van der Waals surface area contributed by atoms with Crippen LogP contribution in [0.1, 0.15) is 39.5 Å². The summed E-state index contributed by atoms with van der Waals surface area (Å²) in [4.78, 5) is 37.4. The van der Waals surface area contributed by atoms with Crippen LogP contribution in [0.25, 0.3) is 0 Å². The van der Waals surface area contributed by atoms with Gasteiger partial charge in [-0.2, -0.15) is 0 Å². The second kappa shape index (κ2) is 6.35. The van der Waals surface area contributed by atoms with Crippen LogP contribution in [0, 0.1) is 5.92 Å². The van der Waals surface area contributed by atoms with Crippen LogP contribution in [-0.4, -0.2) is 47.8 Å². The first kappa shape index (κ1) is 15.0. The summed E-state index contributed by atoms with van der Waals surface area (Å²) >= 11 is 0. The summed E-state index contributed by atoms with van der Waals surface area (Å²) in [5.41, 5.74) is 0. The van der Waals surface area contributed by atoms with Crippen molar-refractivity contribution in [3.63, 3.8) is 0 Å². The minimum atomic E-state index is -0.524. The zero-order chi connectivity index (χ0) is 14.7. The Morgan fingerprint density at radius 1 is 1.30 bits per heavy atom. The van der Waals surface area contributed by atoms with Crippen molar-refractivity contribution >= 4 is 17.7 Å². The zero-order valence-corrected chi connectivity index (χ0v) is 12.1. The lowest BCUT2D eigenvalue weighted by Crippen LogP contribution is -2.63. The van der Waals surface area contributed by atoms with E-state index < -0.39 is 11.9 Å². The van der Waals surface area contributed by atoms with Crippen molar-refractivity contribution in [2.75, 3.05) is 13.1 Å². The van der Waals surface area contributed by atoms with Gasteiger partial charge in [-0.25, -0.2) is 0 Å². The predicted molar refractivity (Wildman–Crippen MR) is 73.7 cm³/mol. The molecule has 0 aromatic carbocycles. The van der Waals surface area contributed by atoms with E-state index in [0.29, 0.717) is 12.3 Å². The number of carbonyl (C=O) groups is 3. The van der Waals surface area contributed by atoms with Gasteiger partial charge in [-0.1, -0.05) is 20.3 Å². The molecule has 2 saturated heterocycles. The molecule has 6 nitrogen and oxygen atoms in total. The van der Waals surface area contributed by atoms with Crippen molar-refractivity contribution in [3.8, 4) is 0 Å². The van der Waals surface area contributed by atoms with Crippen LogP contribution in [0.3, 0.4) is 0 Å². The lowest BCUT2D eigenvalue weighted by atomic mass is 9.89. The maximum absolute atomic E-state index is 12.6. The van der Waals surface area contributed by atoms with E-state index in [1.54, 1.807) is 0 Å². The summed E-state index contributed by atoms with van der Waals surface area (Å²) in [7, 11) is 0. The largest absolute Gasteiger partial charge is 0.320 e. The van der Waals surface area contributed by atoms with Crippen molar-refractivity contribution in [2.24, 2.45) is 5.92 Å². The van der Waals surface area contributed by atoms with Crippen LogP contribution in [0.15, 0.2) is 0 Å². The fourth-order valence-corrected chi connectivity index (χ4v) is 3.06. The Morgan fingerprint density at radius 2 is 2.05 bits per heavy atom. The molecule has 2 fully saturated rings. The molecule has 2 heterocycles. The van der Waals surface area contributed by atoms with Gasteiger partial charge in [0, 0.05) is 0 Å². The van der Waals surface area contributed by atoms with E-state index >= 15 is 0 Å². The van der Waals surface area contributed by atoms with Crippen LogP contribution >= 0.6 is 0 Å². The Balaban J connectivity index is 2.09. The summed E-state index contributed by atoms with van der Waals surface area (Å²) in [5.74, 6) is -0.325. The van der Waals surface area contributed by atoms with Crippen molar-refractivity contribution in [1.29, 1.82) is 0 Å². The summed E-state index contributed by atoms with van der Waals surface area (Å²) in [5, 5.41) is 5.52. The topological polar surface area (TPSA) is 78.5 Å². The average Bonchev–Trinajstić information content (AvgIpc) is 2.45. The first-order valence-electron chi connectivity index (χ1n) is 7.44. The summed E-state index contributed by atoms with van der Waals surface area (Å²) < 4.78 is 0. The molecule has 0 radical (unpaired) electrons. The Morgan fingerprint density at radius 3 is 2.70 bits per heavy atom. The Hall–Kier alpha value is -1.43. The molecule has 2 N–H and O–H groups in total. The number of nitrogens with one attached hydrogen (secondary N) is 2. The molecule has 0 aromatic rings. The summed E-state index contributed by atoms with van der Waals surface area (Å²) in [6.07, 6.45) is 3.45. The Labute approximate surface area is 119 Å². The van der Waals surface area contributed by atoms with Crippen molar-refractivity contribution in [1.82, 2.24) is 15.5 Å². The van der Waals surface area contributed by atoms with Crippen LogP contribution in [-0.2, 0) is 14.4 Å². The molecular formula is C14H23N3O3. The minimum absolute atomic E-state index is 0.0158. The van der Waals surface area contributed by atoms with E-state index in [-0.39, 0.29) is 24.4 Å². The van der Waals surface area contributed by atoms with Crippen LogP contribution in [0.4, 0.5) is 0 Å². The zero-order valence-electron chi connectivity index (χ0n) is 12.1. The third-order valence-electron chi connectivity index (χ3n) is 4.31. The molecule has 112 valence electrons. The van der Waals surface area contributed by atoms with Gasteiger partial charge in [-0.3, -0.25) is 19.7 Å². The van der Waals surface area contributed by atoms with Gasteiger partial charge in [-0.05, 0) is 31.7 Å². The normalized spacial score (nSPS) is 31.1. The van der Waals surface area contributed by atoms with Gasteiger partial charge >= 0.3 is 0 Å². The number of nitrogens with zero attached hydrogens (tertiary/aromatic N) is 1. The number of imide groups is 1. The SMILES string of the molecule is CCC1CCNC(C(=O)N2CC(=O)NC(=O)C2CC)C1. The highest BCUT2D eigenvalue weighted by Gasteiger charge is 2.39. The molecule has 0 spiro atoms. The lowest BCUT2D eigenvalue weighted by Gasteiger charge is -2.38. The monoisotopic (exact) mass is 281 g/mol. The smallest absolute Gasteiger partial charge is 0.249 e. The minimum Gasteiger partial charge on any atom is -0.320 e. The average molecular weight is 281 g/mol. The van der Waals surface area contributed by atoms with Gasteiger partial charge in [0.15, 0.2) is 0 Å². The van der Waals surface area contributed by atoms with E-state index in [4.69, 9.17) is 0 Å². The van der Waals surface area contributed by atoms with E-state index in [9.17, 15) is 14.4 Å². The van der Waals surface area contributed by atoms with Gasteiger partial charge in [0.05, 0.1) is 6.04 Å². The maximum Gasteiger partial charge on any atom is 0.249 e. The predicted octanol–water partition coefficient (Wildman–Crippen LogP) is 0.0282. The number of piperazine rings is 1. The first-order chi connectivity index (χ1) is 9.56. The fourth-order valence-electron chi connectivity index (χ4n) is 3.06. The third kappa shape index (κ3) is 3.00. The lowest BCUT2D eigenvalue weighted by molar-refractivity contribution is -0.151. The van der Waals surface area contributed by atoms with Gasteiger partial charge < -0.3 is 10.2 Å². The molecule has 6 heteroatoms. The number of carbonyl (C=O) groups excluding carboxylic acids is 3. The van der Waals surface area contributed by atoms with Crippen LogP contribution in [0.2, 0.25) is 0 Å². The van der Waals surface area contributed by atoms with Gasteiger partial charge in [0.25, 0.3) is 0 Å². The molecule has 2 rings (SSSR count). The molecular weight excluding hydrogens is 258 g/mol. The second-order valence-corrected chi connectivity index (χ2v) is 5.61. The number of hydrogen-bond donors (Lipinski definition) is 2. The molecule has 3 unspecified atom stereocenters. The standard InChI is InChI=1S/C14H23N3O3/c1-3-9-5-6-15-10(7-9)14(20)17-8-12(18)16-13(19)11(17)4-2/h9-11,15H,3-8H2,1-2H3,(H,16,18,19).